The van der Waals surface area contributed by atoms with Gasteiger partial charge in [0.2, 0.25) is 0 Å². The first-order chi connectivity index (χ1) is 14.0. The maximum atomic E-state index is 12.6. The van der Waals surface area contributed by atoms with Crippen LogP contribution in [0.2, 0.25) is 0 Å². The third-order valence-corrected chi connectivity index (χ3v) is 4.77. The molecule has 0 unspecified atom stereocenters. The van der Waals surface area contributed by atoms with Gasteiger partial charge in [-0.15, -0.1) is 12.4 Å². The van der Waals surface area contributed by atoms with Gasteiger partial charge < -0.3 is 20.5 Å². The molecule has 1 amide bonds. The molecule has 0 fully saturated rings. The molecule has 2 rings (SSSR count). The Balaban J connectivity index is 0.00000450. The summed E-state index contributed by atoms with van der Waals surface area (Å²) in [6.07, 6.45) is 4.39. The van der Waals surface area contributed by atoms with Crippen molar-refractivity contribution in [3.63, 3.8) is 0 Å². The quantitative estimate of drug-likeness (QED) is 0.373. The number of carbonyl (C=O) groups excluding carboxylic acids is 2. The van der Waals surface area contributed by atoms with E-state index in [0.29, 0.717) is 6.42 Å². The Morgan fingerprint density at radius 2 is 1.77 bits per heavy atom. The van der Waals surface area contributed by atoms with E-state index in [1.165, 1.54) is 7.11 Å². The summed E-state index contributed by atoms with van der Waals surface area (Å²) in [5.74, 6) is -1.12. The molecule has 0 aliphatic heterocycles. The maximum absolute atomic E-state index is 12.6. The SMILES string of the molecule is CNCCCCCc1ccc(C(=O)N[C@@H](Cc2ccccc2)C(=O)OC)c(O)c1.Cl. The largest absolute Gasteiger partial charge is 0.507 e. The Morgan fingerprint density at radius 1 is 1.03 bits per heavy atom. The van der Waals surface area contributed by atoms with Crippen molar-refractivity contribution in [2.24, 2.45) is 0 Å². The second-order valence-corrected chi connectivity index (χ2v) is 7.00. The molecule has 0 heterocycles. The second-order valence-electron chi connectivity index (χ2n) is 7.00. The smallest absolute Gasteiger partial charge is 0.328 e. The third-order valence-electron chi connectivity index (χ3n) is 4.77. The van der Waals surface area contributed by atoms with Gasteiger partial charge in [-0.05, 0) is 56.1 Å². The number of aryl methyl sites for hydroxylation is 1. The minimum atomic E-state index is -0.832. The lowest BCUT2D eigenvalue weighted by Gasteiger charge is -2.17. The fraction of sp³-hybridized carbons (Fsp3) is 0.391. The number of rotatable bonds is 11. The lowest BCUT2D eigenvalue weighted by atomic mass is 10.0. The summed E-state index contributed by atoms with van der Waals surface area (Å²) in [6, 6.07) is 13.6. The molecule has 0 aliphatic rings. The summed E-state index contributed by atoms with van der Waals surface area (Å²) < 4.78 is 4.82. The van der Waals surface area contributed by atoms with E-state index in [-0.39, 0.29) is 23.7 Å². The number of esters is 1. The highest BCUT2D eigenvalue weighted by atomic mass is 35.5. The Hall–Kier alpha value is -2.57. The van der Waals surface area contributed by atoms with Crippen LogP contribution in [0.5, 0.6) is 5.75 Å². The van der Waals surface area contributed by atoms with Gasteiger partial charge in [0.25, 0.3) is 5.91 Å². The molecule has 1 atom stereocenters. The average Bonchev–Trinajstić information content (AvgIpc) is 2.73. The zero-order valence-electron chi connectivity index (χ0n) is 17.5. The van der Waals surface area contributed by atoms with Crippen LogP contribution in [0.4, 0.5) is 0 Å². The van der Waals surface area contributed by atoms with Gasteiger partial charge in [0.05, 0.1) is 12.7 Å². The fourth-order valence-electron chi connectivity index (χ4n) is 3.15. The first-order valence-electron chi connectivity index (χ1n) is 9.94. The number of hydrogen-bond donors (Lipinski definition) is 3. The number of nitrogens with one attached hydrogen (secondary N) is 2. The number of aromatic hydroxyl groups is 1. The summed E-state index contributed by atoms with van der Waals surface area (Å²) in [7, 11) is 3.22. The molecule has 7 heteroatoms. The van der Waals surface area contributed by atoms with Gasteiger partial charge in [-0.2, -0.15) is 0 Å². The number of phenols is 1. The molecule has 0 radical (unpaired) electrons. The topological polar surface area (TPSA) is 87.7 Å². The molecule has 0 bridgehead atoms. The molecule has 2 aromatic carbocycles. The number of benzene rings is 2. The van der Waals surface area contributed by atoms with E-state index >= 15 is 0 Å². The van der Waals surface area contributed by atoms with Crippen LogP contribution in [0.25, 0.3) is 0 Å². The number of ether oxygens (including phenoxy) is 1. The minimum Gasteiger partial charge on any atom is -0.507 e. The molecule has 164 valence electrons. The van der Waals surface area contributed by atoms with E-state index in [4.69, 9.17) is 4.74 Å². The summed E-state index contributed by atoms with van der Waals surface area (Å²) >= 11 is 0. The Morgan fingerprint density at radius 3 is 2.40 bits per heavy atom. The van der Waals surface area contributed by atoms with Crippen LogP contribution >= 0.6 is 12.4 Å². The van der Waals surface area contributed by atoms with E-state index in [9.17, 15) is 14.7 Å². The Bertz CT molecular complexity index is 799. The standard InChI is InChI=1S/C23H30N2O4.ClH/c1-24-14-8-4-7-11-18-12-13-19(21(26)16-18)22(27)25-20(23(28)29-2)15-17-9-5-3-6-10-17;/h3,5-6,9-10,12-13,16,20,24,26H,4,7-8,11,14-15H2,1-2H3,(H,25,27);1H/t20-;/m0./s1. The first kappa shape index (κ1) is 25.5. The average molecular weight is 435 g/mol. The molecular weight excluding hydrogens is 404 g/mol. The Kier molecular flexibility index (Phi) is 11.6. The number of carbonyl (C=O) groups is 2. The number of hydrogen-bond acceptors (Lipinski definition) is 5. The predicted octanol–water partition coefficient (Wildman–Crippen LogP) is 3.26. The highest BCUT2D eigenvalue weighted by Crippen LogP contribution is 2.21. The molecular formula is C23H31ClN2O4. The predicted molar refractivity (Wildman–Crippen MR) is 120 cm³/mol. The van der Waals surface area contributed by atoms with Gasteiger partial charge in [-0.3, -0.25) is 4.79 Å². The number of amides is 1. The van der Waals surface area contributed by atoms with Gasteiger partial charge in [-0.1, -0.05) is 42.8 Å². The van der Waals surface area contributed by atoms with Gasteiger partial charge in [-0.25, -0.2) is 4.79 Å². The van der Waals surface area contributed by atoms with Crippen LogP contribution in [0.15, 0.2) is 48.5 Å². The lowest BCUT2D eigenvalue weighted by molar-refractivity contribution is -0.142. The van der Waals surface area contributed by atoms with E-state index < -0.39 is 17.9 Å². The van der Waals surface area contributed by atoms with Crippen molar-refractivity contribution in [3.8, 4) is 5.75 Å². The van der Waals surface area contributed by atoms with Gasteiger partial charge in [0.1, 0.15) is 11.8 Å². The van der Waals surface area contributed by atoms with Crippen LogP contribution in [0.1, 0.15) is 40.7 Å². The molecule has 6 nitrogen and oxygen atoms in total. The normalized spacial score (nSPS) is 11.3. The van der Waals surface area contributed by atoms with Gasteiger partial charge in [0, 0.05) is 6.42 Å². The third kappa shape index (κ3) is 8.05. The number of halogens is 1. The van der Waals surface area contributed by atoms with Crippen molar-refractivity contribution in [1.29, 1.82) is 0 Å². The van der Waals surface area contributed by atoms with E-state index in [0.717, 1.165) is 43.4 Å². The van der Waals surface area contributed by atoms with Crippen LogP contribution in [0, 0.1) is 0 Å². The van der Waals surface area contributed by atoms with Crippen molar-refractivity contribution in [2.75, 3.05) is 20.7 Å². The fourth-order valence-corrected chi connectivity index (χ4v) is 3.15. The maximum Gasteiger partial charge on any atom is 0.328 e. The molecule has 0 aliphatic carbocycles. The second kappa shape index (κ2) is 13.6. The number of unbranched alkanes of at least 4 members (excludes halogenated alkanes) is 2. The lowest BCUT2D eigenvalue weighted by Crippen LogP contribution is -2.43. The molecule has 3 N–H and O–H groups in total. The summed E-state index contributed by atoms with van der Waals surface area (Å²) in [5, 5.41) is 16.1. The highest BCUT2D eigenvalue weighted by molar-refractivity contribution is 5.99. The number of methoxy groups -OCH3 is 1. The molecule has 0 saturated heterocycles. The number of phenolic OH excluding ortho intramolecular Hbond substituents is 1. The van der Waals surface area contributed by atoms with Crippen molar-refractivity contribution in [2.45, 2.75) is 38.1 Å². The van der Waals surface area contributed by atoms with Crippen molar-refractivity contribution < 1.29 is 19.4 Å². The first-order valence-corrected chi connectivity index (χ1v) is 9.94. The van der Waals surface area contributed by atoms with E-state index in [2.05, 4.69) is 10.6 Å². The van der Waals surface area contributed by atoms with Gasteiger partial charge in [0.15, 0.2) is 0 Å². The van der Waals surface area contributed by atoms with Crippen molar-refractivity contribution in [3.05, 3.63) is 65.2 Å². The monoisotopic (exact) mass is 434 g/mol. The minimum absolute atomic E-state index is 0. The zero-order chi connectivity index (χ0) is 21.1. The summed E-state index contributed by atoms with van der Waals surface area (Å²) in [4.78, 5) is 24.8. The van der Waals surface area contributed by atoms with Crippen LogP contribution < -0.4 is 10.6 Å². The van der Waals surface area contributed by atoms with E-state index in [1.54, 1.807) is 12.1 Å². The zero-order valence-corrected chi connectivity index (χ0v) is 18.3. The summed E-state index contributed by atoms with van der Waals surface area (Å²) in [5.41, 5.74) is 2.03. The van der Waals surface area contributed by atoms with Crippen molar-refractivity contribution in [1.82, 2.24) is 10.6 Å². The van der Waals surface area contributed by atoms with Gasteiger partial charge >= 0.3 is 5.97 Å². The molecule has 2 aromatic rings. The molecule has 0 saturated carbocycles. The van der Waals surface area contributed by atoms with Crippen LogP contribution in [-0.2, 0) is 22.4 Å². The van der Waals surface area contributed by atoms with E-state index in [1.807, 2.05) is 43.4 Å². The molecule has 0 spiro atoms. The Labute approximate surface area is 184 Å². The summed E-state index contributed by atoms with van der Waals surface area (Å²) in [6.45, 7) is 0.995. The van der Waals surface area contributed by atoms with Crippen LogP contribution in [-0.4, -0.2) is 43.7 Å². The molecule has 0 aromatic heterocycles. The highest BCUT2D eigenvalue weighted by Gasteiger charge is 2.23. The molecule has 30 heavy (non-hydrogen) atoms. The van der Waals surface area contributed by atoms with Crippen LogP contribution in [0.3, 0.4) is 0 Å². The van der Waals surface area contributed by atoms with Crippen molar-refractivity contribution >= 4 is 24.3 Å².